The number of terminal acetylenes is 1. The topological polar surface area (TPSA) is 29.5 Å². The molecule has 0 amide bonds. The minimum Gasteiger partial charge on any atom is -0.390 e. The Bertz CT molecular complexity index is 197. The van der Waals surface area contributed by atoms with E-state index in [2.05, 4.69) is 5.92 Å². The van der Waals surface area contributed by atoms with Gasteiger partial charge in [-0.1, -0.05) is 0 Å². The second-order valence-electron chi connectivity index (χ2n) is 4.22. The van der Waals surface area contributed by atoms with Gasteiger partial charge in [-0.25, -0.2) is 0 Å². The normalized spacial score (nSPS) is 32.5. The smallest absolute Gasteiger partial charge is 0.0650 e. The van der Waals surface area contributed by atoms with Crippen molar-refractivity contribution in [2.75, 3.05) is 7.11 Å². The van der Waals surface area contributed by atoms with E-state index in [1.807, 2.05) is 0 Å². The van der Waals surface area contributed by atoms with Crippen LogP contribution in [0.3, 0.4) is 0 Å². The number of hydrogen-bond acceptors (Lipinski definition) is 2. The highest BCUT2D eigenvalue weighted by Gasteiger charge is 2.32. The molecule has 2 nitrogen and oxygen atoms in total. The van der Waals surface area contributed by atoms with Crippen LogP contribution in [-0.2, 0) is 4.74 Å². The molecule has 1 fully saturated rings. The standard InChI is InChI=1S/C12H20O2/c1-3-4-5-8-12(13)9-6-11(14-2)7-10-12/h1,11,13H,4-10H2,2H3. The summed E-state index contributed by atoms with van der Waals surface area (Å²) in [6.07, 6.45) is 11.7. The maximum absolute atomic E-state index is 10.2. The summed E-state index contributed by atoms with van der Waals surface area (Å²) in [7, 11) is 1.74. The summed E-state index contributed by atoms with van der Waals surface area (Å²) in [5.74, 6) is 2.61. The largest absolute Gasteiger partial charge is 0.390 e. The van der Waals surface area contributed by atoms with Crippen LogP contribution in [0.1, 0.15) is 44.9 Å². The molecular weight excluding hydrogens is 176 g/mol. The highest BCUT2D eigenvalue weighted by atomic mass is 16.5. The van der Waals surface area contributed by atoms with Gasteiger partial charge in [0.2, 0.25) is 0 Å². The van der Waals surface area contributed by atoms with E-state index in [0.29, 0.717) is 6.10 Å². The van der Waals surface area contributed by atoms with Crippen LogP contribution >= 0.6 is 0 Å². The molecule has 80 valence electrons. The van der Waals surface area contributed by atoms with Crippen molar-refractivity contribution >= 4 is 0 Å². The van der Waals surface area contributed by atoms with Crippen LogP contribution in [0.25, 0.3) is 0 Å². The number of ether oxygens (including phenoxy) is 1. The van der Waals surface area contributed by atoms with Crippen molar-refractivity contribution in [1.29, 1.82) is 0 Å². The maximum Gasteiger partial charge on any atom is 0.0650 e. The first-order valence-electron chi connectivity index (χ1n) is 5.39. The Morgan fingerprint density at radius 2 is 2.14 bits per heavy atom. The van der Waals surface area contributed by atoms with Crippen LogP contribution in [0.5, 0.6) is 0 Å². The lowest BCUT2D eigenvalue weighted by Crippen LogP contribution is -2.36. The third kappa shape index (κ3) is 3.32. The summed E-state index contributed by atoms with van der Waals surface area (Å²) in [5.41, 5.74) is -0.466. The van der Waals surface area contributed by atoms with Crippen LogP contribution in [0.2, 0.25) is 0 Å². The van der Waals surface area contributed by atoms with E-state index in [-0.39, 0.29) is 0 Å². The molecule has 0 aromatic rings. The summed E-state index contributed by atoms with van der Waals surface area (Å²) in [4.78, 5) is 0. The lowest BCUT2D eigenvalue weighted by atomic mass is 9.80. The van der Waals surface area contributed by atoms with Gasteiger partial charge in [0, 0.05) is 13.5 Å². The minimum absolute atomic E-state index is 0.350. The number of methoxy groups -OCH3 is 1. The summed E-state index contributed by atoms with van der Waals surface area (Å²) in [6, 6.07) is 0. The summed E-state index contributed by atoms with van der Waals surface area (Å²) >= 11 is 0. The molecule has 0 atom stereocenters. The molecule has 1 aliphatic rings. The van der Waals surface area contributed by atoms with Gasteiger partial charge in [0.15, 0.2) is 0 Å². The van der Waals surface area contributed by atoms with Crippen molar-refractivity contribution in [3.63, 3.8) is 0 Å². The highest BCUT2D eigenvalue weighted by Crippen LogP contribution is 2.33. The van der Waals surface area contributed by atoms with Gasteiger partial charge in [-0.15, -0.1) is 12.3 Å². The van der Waals surface area contributed by atoms with Crippen molar-refractivity contribution in [3.8, 4) is 12.3 Å². The monoisotopic (exact) mass is 196 g/mol. The van der Waals surface area contributed by atoms with Crippen molar-refractivity contribution in [2.24, 2.45) is 0 Å². The second kappa shape index (κ2) is 5.38. The third-order valence-electron chi connectivity index (χ3n) is 3.16. The highest BCUT2D eigenvalue weighted by molar-refractivity contribution is 4.89. The van der Waals surface area contributed by atoms with E-state index in [9.17, 15) is 5.11 Å². The van der Waals surface area contributed by atoms with Gasteiger partial charge in [-0.2, -0.15) is 0 Å². The molecular formula is C12H20O2. The van der Waals surface area contributed by atoms with Gasteiger partial charge < -0.3 is 9.84 Å². The Kier molecular flexibility index (Phi) is 4.44. The molecule has 14 heavy (non-hydrogen) atoms. The van der Waals surface area contributed by atoms with Gasteiger partial charge in [0.05, 0.1) is 11.7 Å². The van der Waals surface area contributed by atoms with Gasteiger partial charge in [-0.3, -0.25) is 0 Å². The Morgan fingerprint density at radius 1 is 1.50 bits per heavy atom. The summed E-state index contributed by atoms with van der Waals surface area (Å²) < 4.78 is 5.27. The van der Waals surface area contributed by atoms with Gasteiger partial charge in [0.1, 0.15) is 0 Å². The number of rotatable bonds is 4. The van der Waals surface area contributed by atoms with Gasteiger partial charge >= 0.3 is 0 Å². The fraction of sp³-hybridized carbons (Fsp3) is 0.833. The van der Waals surface area contributed by atoms with Crippen molar-refractivity contribution in [3.05, 3.63) is 0 Å². The SMILES string of the molecule is C#CCCCC1(O)CCC(OC)CC1. The first-order chi connectivity index (χ1) is 6.70. The second-order valence-corrected chi connectivity index (χ2v) is 4.22. The summed E-state index contributed by atoms with van der Waals surface area (Å²) in [5, 5.41) is 10.2. The van der Waals surface area contributed by atoms with Crippen LogP contribution in [0.4, 0.5) is 0 Å². The molecule has 0 saturated heterocycles. The van der Waals surface area contributed by atoms with E-state index in [1.165, 1.54) is 0 Å². The third-order valence-corrected chi connectivity index (χ3v) is 3.16. The van der Waals surface area contributed by atoms with Crippen molar-refractivity contribution in [2.45, 2.75) is 56.7 Å². The molecule has 0 bridgehead atoms. The Morgan fingerprint density at radius 3 is 2.64 bits per heavy atom. The zero-order chi connectivity index (χ0) is 10.4. The molecule has 0 aromatic carbocycles. The zero-order valence-electron chi connectivity index (χ0n) is 8.96. The van der Waals surface area contributed by atoms with Gasteiger partial charge in [-0.05, 0) is 38.5 Å². The molecule has 1 rings (SSSR count). The van der Waals surface area contributed by atoms with Crippen molar-refractivity contribution in [1.82, 2.24) is 0 Å². The fourth-order valence-corrected chi connectivity index (χ4v) is 2.13. The van der Waals surface area contributed by atoms with E-state index in [1.54, 1.807) is 7.11 Å². The predicted molar refractivity (Wildman–Crippen MR) is 56.9 cm³/mol. The van der Waals surface area contributed by atoms with Crippen LogP contribution < -0.4 is 0 Å². The molecule has 0 radical (unpaired) electrons. The van der Waals surface area contributed by atoms with Crippen molar-refractivity contribution < 1.29 is 9.84 Å². The maximum atomic E-state index is 10.2. The molecule has 1 saturated carbocycles. The Hall–Kier alpha value is -0.520. The average Bonchev–Trinajstić information content (AvgIpc) is 2.19. The molecule has 1 aliphatic carbocycles. The Balaban J connectivity index is 2.27. The molecule has 0 unspecified atom stereocenters. The van der Waals surface area contributed by atoms with Crippen LogP contribution in [0, 0.1) is 12.3 Å². The number of hydrogen-bond donors (Lipinski definition) is 1. The minimum atomic E-state index is -0.466. The van der Waals surface area contributed by atoms with E-state index in [4.69, 9.17) is 11.2 Å². The Labute approximate surface area is 86.7 Å². The quantitative estimate of drug-likeness (QED) is 0.551. The van der Waals surface area contributed by atoms with E-state index >= 15 is 0 Å². The molecule has 0 spiro atoms. The lowest BCUT2D eigenvalue weighted by Gasteiger charge is -2.35. The molecule has 0 heterocycles. The fourth-order valence-electron chi connectivity index (χ4n) is 2.13. The van der Waals surface area contributed by atoms with E-state index in [0.717, 1.165) is 44.9 Å². The first-order valence-corrected chi connectivity index (χ1v) is 5.39. The molecule has 1 N–H and O–H groups in total. The molecule has 2 heteroatoms. The lowest BCUT2D eigenvalue weighted by molar-refractivity contribution is -0.0488. The average molecular weight is 196 g/mol. The number of unbranched alkanes of at least 4 members (excludes halogenated alkanes) is 1. The first kappa shape index (κ1) is 11.6. The van der Waals surface area contributed by atoms with Crippen LogP contribution in [0.15, 0.2) is 0 Å². The van der Waals surface area contributed by atoms with Gasteiger partial charge in [0.25, 0.3) is 0 Å². The zero-order valence-corrected chi connectivity index (χ0v) is 8.96. The summed E-state index contributed by atoms with van der Waals surface area (Å²) in [6.45, 7) is 0. The predicted octanol–water partition coefficient (Wildman–Crippen LogP) is 2.11. The molecule has 0 aromatic heterocycles. The molecule has 0 aliphatic heterocycles. The van der Waals surface area contributed by atoms with E-state index < -0.39 is 5.60 Å². The van der Waals surface area contributed by atoms with Crippen LogP contribution in [-0.4, -0.2) is 23.9 Å². The number of aliphatic hydroxyl groups is 1.